The zero-order valence-electron chi connectivity index (χ0n) is 12.3. The van der Waals surface area contributed by atoms with Crippen molar-refractivity contribution in [3.63, 3.8) is 0 Å². The average molecular weight is 369 g/mol. The van der Waals surface area contributed by atoms with E-state index in [1.807, 2.05) is 18.2 Å². The fourth-order valence-corrected chi connectivity index (χ4v) is 4.17. The van der Waals surface area contributed by atoms with Crippen molar-refractivity contribution in [2.24, 2.45) is 5.92 Å². The number of carboxylic acid groups (broad SMARTS) is 1. The van der Waals surface area contributed by atoms with Crippen LogP contribution in [-0.2, 0) is 0 Å². The molecule has 116 valence electrons. The standard InChI is InChI=1S/C19H16BrNO2/c20-13-4-1-3-11(9-13)18-15-6-2-5-14(15)16-10-12(19(22)23)7-8-17(16)21-18/h1-5,7-10,14-15,18,21H,6H2,(H,22,23)/p-1/t14-,15+,18+/m0/s1. The van der Waals surface area contributed by atoms with Crippen molar-refractivity contribution >= 4 is 27.6 Å². The first kappa shape index (κ1) is 14.5. The number of carboxylic acids is 1. The summed E-state index contributed by atoms with van der Waals surface area (Å²) in [5, 5.41) is 14.8. The highest BCUT2D eigenvalue weighted by Gasteiger charge is 2.37. The molecule has 1 aliphatic carbocycles. The quantitative estimate of drug-likeness (QED) is 0.823. The van der Waals surface area contributed by atoms with Gasteiger partial charge in [0, 0.05) is 16.1 Å². The van der Waals surface area contributed by atoms with Gasteiger partial charge in [-0.1, -0.05) is 46.3 Å². The van der Waals surface area contributed by atoms with E-state index in [0.29, 0.717) is 5.92 Å². The molecule has 2 aromatic carbocycles. The van der Waals surface area contributed by atoms with Gasteiger partial charge < -0.3 is 15.2 Å². The molecule has 3 nitrogen and oxygen atoms in total. The van der Waals surface area contributed by atoms with E-state index in [9.17, 15) is 9.90 Å². The Bertz CT molecular complexity index is 815. The molecule has 4 rings (SSSR count). The fourth-order valence-electron chi connectivity index (χ4n) is 3.75. The van der Waals surface area contributed by atoms with Crippen LogP contribution in [0.1, 0.15) is 39.9 Å². The van der Waals surface area contributed by atoms with Crippen LogP contribution in [0.15, 0.2) is 59.1 Å². The first-order valence-corrected chi connectivity index (χ1v) is 8.47. The molecule has 1 heterocycles. The highest BCUT2D eigenvalue weighted by molar-refractivity contribution is 9.10. The normalized spacial score (nSPS) is 24.7. The van der Waals surface area contributed by atoms with Gasteiger partial charge in [-0.15, -0.1) is 0 Å². The van der Waals surface area contributed by atoms with Crippen LogP contribution < -0.4 is 10.4 Å². The van der Waals surface area contributed by atoms with Gasteiger partial charge in [-0.25, -0.2) is 0 Å². The second-order valence-electron chi connectivity index (χ2n) is 6.12. The van der Waals surface area contributed by atoms with Gasteiger partial charge in [-0.2, -0.15) is 0 Å². The number of benzene rings is 2. The van der Waals surface area contributed by atoms with E-state index in [2.05, 4.69) is 45.5 Å². The van der Waals surface area contributed by atoms with E-state index in [-0.39, 0.29) is 17.5 Å². The number of rotatable bonds is 2. The molecule has 0 radical (unpaired) electrons. The number of carbonyl (C=O) groups excluding carboxylic acids is 1. The third kappa shape index (κ3) is 2.47. The van der Waals surface area contributed by atoms with Crippen LogP contribution in [0, 0.1) is 5.92 Å². The monoisotopic (exact) mass is 368 g/mol. The molecular formula is C19H15BrNO2-. The second kappa shape index (κ2) is 5.53. The number of anilines is 1. The summed E-state index contributed by atoms with van der Waals surface area (Å²) in [5.74, 6) is -0.483. The Morgan fingerprint density at radius 2 is 2.09 bits per heavy atom. The summed E-state index contributed by atoms with van der Waals surface area (Å²) in [6.45, 7) is 0. The minimum atomic E-state index is -1.12. The molecule has 0 fully saturated rings. The van der Waals surface area contributed by atoms with Gasteiger partial charge >= 0.3 is 0 Å². The molecule has 4 heteroatoms. The lowest BCUT2D eigenvalue weighted by atomic mass is 9.76. The van der Waals surface area contributed by atoms with Crippen molar-refractivity contribution in [3.8, 4) is 0 Å². The number of hydrogen-bond acceptors (Lipinski definition) is 3. The Kier molecular flexibility index (Phi) is 3.49. The summed E-state index contributed by atoms with van der Waals surface area (Å²) in [5.41, 5.74) is 3.54. The summed E-state index contributed by atoms with van der Waals surface area (Å²) in [6, 6.07) is 13.8. The van der Waals surface area contributed by atoms with Crippen molar-refractivity contribution in [1.29, 1.82) is 0 Å². The van der Waals surface area contributed by atoms with Crippen molar-refractivity contribution in [1.82, 2.24) is 0 Å². The summed E-state index contributed by atoms with van der Waals surface area (Å²) < 4.78 is 1.07. The summed E-state index contributed by atoms with van der Waals surface area (Å²) in [6.07, 6.45) is 5.39. The van der Waals surface area contributed by atoms with Gasteiger partial charge in [0.2, 0.25) is 0 Å². The number of fused-ring (bicyclic) bond motifs is 3. The van der Waals surface area contributed by atoms with Crippen LogP contribution in [0.2, 0.25) is 0 Å². The topological polar surface area (TPSA) is 52.2 Å². The minimum Gasteiger partial charge on any atom is -0.545 e. The SMILES string of the molecule is O=C([O-])c1ccc2c(c1)[C@H]1C=CC[C@H]1[C@@H](c1cccc(Br)c1)N2. The lowest BCUT2D eigenvalue weighted by Gasteiger charge is -2.38. The molecule has 0 saturated heterocycles. The van der Waals surface area contributed by atoms with Crippen LogP contribution in [0.5, 0.6) is 0 Å². The Hall–Kier alpha value is -2.07. The first-order valence-electron chi connectivity index (χ1n) is 7.67. The second-order valence-corrected chi connectivity index (χ2v) is 7.04. The third-order valence-electron chi connectivity index (χ3n) is 4.81. The lowest BCUT2D eigenvalue weighted by molar-refractivity contribution is -0.255. The molecule has 2 aliphatic rings. The molecule has 0 saturated carbocycles. The summed E-state index contributed by atoms with van der Waals surface area (Å²) >= 11 is 3.54. The molecule has 1 N–H and O–H groups in total. The predicted molar refractivity (Wildman–Crippen MR) is 91.3 cm³/mol. The zero-order chi connectivity index (χ0) is 16.0. The van der Waals surface area contributed by atoms with E-state index < -0.39 is 5.97 Å². The van der Waals surface area contributed by atoms with Gasteiger partial charge in [0.15, 0.2) is 0 Å². The number of nitrogens with one attached hydrogen (secondary N) is 1. The third-order valence-corrected chi connectivity index (χ3v) is 5.30. The molecule has 0 spiro atoms. The van der Waals surface area contributed by atoms with Gasteiger partial charge in [-0.05, 0) is 53.3 Å². The number of carbonyl (C=O) groups is 1. The average Bonchev–Trinajstić information content (AvgIpc) is 3.03. The Morgan fingerprint density at radius 1 is 1.22 bits per heavy atom. The minimum absolute atomic E-state index is 0.216. The fraction of sp³-hybridized carbons (Fsp3) is 0.211. The summed E-state index contributed by atoms with van der Waals surface area (Å²) in [7, 11) is 0. The van der Waals surface area contributed by atoms with Crippen LogP contribution in [-0.4, -0.2) is 5.97 Å². The van der Waals surface area contributed by atoms with Crippen LogP contribution in [0.25, 0.3) is 0 Å². The maximum Gasteiger partial charge on any atom is 0.0715 e. The highest BCUT2D eigenvalue weighted by atomic mass is 79.9. The molecular weight excluding hydrogens is 354 g/mol. The number of allylic oxidation sites excluding steroid dienone is 2. The van der Waals surface area contributed by atoms with Crippen LogP contribution >= 0.6 is 15.9 Å². The molecule has 3 atom stereocenters. The molecule has 23 heavy (non-hydrogen) atoms. The Morgan fingerprint density at radius 3 is 2.87 bits per heavy atom. The predicted octanol–water partition coefficient (Wildman–Crippen LogP) is 3.64. The lowest BCUT2D eigenvalue weighted by Crippen LogP contribution is -2.30. The van der Waals surface area contributed by atoms with Crippen molar-refractivity contribution in [2.75, 3.05) is 5.32 Å². The first-order chi connectivity index (χ1) is 11.1. The largest absolute Gasteiger partial charge is 0.545 e. The molecule has 1 aliphatic heterocycles. The van der Waals surface area contributed by atoms with Gasteiger partial charge in [-0.3, -0.25) is 0 Å². The zero-order valence-corrected chi connectivity index (χ0v) is 13.9. The molecule has 0 aromatic heterocycles. The Labute approximate surface area is 143 Å². The number of halogens is 1. The smallest absolute Gasteiger partial charge is 0.0715 e. The summed E-state index contributed by atoms with van der Waals surface area (Å²) in [4.78, 5) is 11.1. The number of hydrogen-bond donors (Lipinski definition) is 1. The van der Waals surface area contributed by atoms with Crippen molar-refractivity contribution < 1.29 is 9.90 Å². The van der Waals surface area contributed by atoms with E-state index in [4.69, 9.17) is 0 Å². The number of aromatic carboxylic acids is 1. The van der Waals surface area contributed by atoms with E-state index >= 15 is 0 Å². The molecule has 0 bridgehead atoms. The van der Waals surface area contributed by atoms with Gasteiger partial charge in [0.05, 0.1) is 12.0 Å². The van der Waals surface area contributed by atoms with Crippen LogP contribution in [0.3, 0.4) is 0 Å². The van der Waals surface area contributed by atoms with E-state index in [0.717, 1.165) is 22.1 Å². The Balaban J connectivity index is 1.79. The highest BCUT2D eigenvalue weighted by Crippen LogP contribution is 2.50. The van der Waals surface area contributed by atoms with Crippen molar-refractivity contribution in [2.45, 2.75) is 18.4 Å². The molecule has 0 unspecified atom stereocenters. The van der Waals surface area contributed by atoms with E-state index in [1.54, 1.807) is 12.1 Å². The molecule has 2 aromatic rings. The molecule has 0 amide bonds. The van der Waals surface area contributed by atoms with Crippen LogP contribution in [0.4, 0.5) is 5.69 Å². The maximum absolute atomic E-state index is 11.1. The maximum atomic E-state index is 11.1. The van der Waals surface area contributed by atoms with Crippen molar-refractivity contribution in [3.05, 3.63) is 75.8 Å². The van der Waals surface area contributed by atoms with Gasteiger partial charge in [0.25, 0.3) is 0 Å². The van der Waals surface area contributed by atoms with E-state index in [1.165, 1.54) is 5.56 Å². The van der Waals surface area contributed by atoms with Gasteiger partial charge in [0.1, 0.15) is 0 Å².